The minimum atomic E-state index is -0.287. The number of rotatable bonds is 4. The van der Waals surface area contributed by atoms with Crippen molar-refractivity contribution in [1.29, 1.82) is 0 Å². The van der Waals surface area contributed by atoms with Crippen molar-refractivity contribution in [3.63, 3.8) is 0 Å². The lowest BCUT2D eigenvalue weighted by atomic mass is 10.2. The molecule has 0 bridgehead atoms. The SMILES string of the molecule is CSc1cccc(COC(=O)c2ccccc2)c1. The summed E-state index contributed by atoms with van der Waals surface area (Å²) in [4.78, 5) is 12.9. The van der Waals surface area contributed by atoms with E-state index >= 15 is 0 Å². The predicted octanol–water partition coefficient (Wildman–Crippen LogP) is 3.77. The Morgan fingerprint density at radius 3 is 2.61 bits per heavy atom. The average molecular weight is 258 g/mol. The summed E-state index contributed by atoms with van der Waals surface area (Å²) in [7, 11) is 0. The van der Waals surface area contributed by atoms with Crippen LogP contribution < -0.4 is 0 Å². The Labute approximate surface area is 111 Å². The standard InChI is InChI=1S/C15H14O2S/c1-18-14-9-5-6-12(10-14)11-17-15(16)13-7-3-2-4-8-13/h2-10H,11H2,1H3. The molecule has 0 saturated carbocycles. The lowest BCUT2D eigenvalue weighted by molar-refractivity contribution is 0.0472. The highest BCUT2D eigenvalue weighted by Crippen LogP contribution is 2.16. The monoisotopic (exact) mass is 258 g/mol. The molecule has 0 spiro atoms. The third kappa shape index (κ3) is 3.37. The molecule has 0 aliphatic rings. The number of carbonyl (C=O) groups is 1. The van der Waals surface area contributed by atoms with Crippen LogP contribution in [0.25, 0.3) is 0 Å². The Morgan fingerprint density at radius 2 is 1.89 bits per heavy atom. The summed E-state index contributed by atoms with van der Waals surface area (Å²) < 4.78 is 5.27. The molecule has 0 fully saturated rings. The van der Waals surface area contributed by atoms with Crippen LogP contribution in [-0.4, -0.2) is 12.2 Å². The van der Waals surface area contributed by atoms with E-state index in [-0.39, 0.29) is 5.97 Å². The van der Waals surface area contributed by atoms with Gasteiger partial charge in [-0.05, 0) is 36.1 Å². The first kappa shape index (κ1) is 12.7. The van der Waals surface area contributed by atoms with Gasteiger partial charge in [0.05, 0.1) is 5.56 Å². The molecule has 2 aromatic rings. The van der Waals surface area contributed by atoms with Crippen LogP contribution in [0.2, 0.25) is 0 Å². The second kappa shape index (κ2) is 6.26. The highest BCUT2D eigenvalue weighted by molar-refractivity contribution is 7.98. The molecule has 0 amide bonds. The van der Waals surface area contributed by atoms with E-state index in [2.05, 4.69) is 0 Å². The summed E-state index contributed by atoms with van der Waals surface area (Å²) >= 11 is 1.67. The summed E-state index contributed by atoms with van der Waals surface area (Å²) in [5.41, 5.74) is 1.59. The van der Waals surface area contributed by atoms with Crippen molar-refractivity contribution in [2.45, 2.75) is 11.5 Å². The molecule has 2 nitrogen and oxygen atoms in total. The van der Waals surface area contributed by atoms with E-state index in [0.29, 0.717) is 12.2 Å². The van der Waals surface area contributed by atoms with Gasteiger partial charge in [-0.25, -0.2) is 4.79 Å². The molecule has 0 aliphatic heterocycles. The van der Waals surface area contributed by atoms with Crippen LogP contribution in [0.5, 0.6) is 0 Å². The number of hydrogen-bond acceptors (Lipinski definition) is 3. The Kier molecular flexibility index (Phi) is 4.42. The molecule has 0 aromatic heterocycles. The molecule has 18 heavy (non-hydrogen) atoms. The lowest BCUT2D eigenvalue weighted by Crippen LogP contribution is -2.04. The Bertz CT molecular complexity index is 523. The normalized spacial score (nSPS) is 10.1. The second-order valence-electron chi connectivity index (χ2n) is 3.79. The number of hydrogen-bond donors (Lipinski definition) is 0. The maximum atomic E-state index is 11.7. The first-order chi connectivity index (χ1) is 8.79. The van der Waals surface area contributed by atoms with Gasteiger partial charge in [-0.2, -0.15) is 0 Å². The van der Waals surface area contributed by atoms with Crippen LogP contribution in [0, 0.1) is 0 Å². The van der Waals surface area contributed by atoms with E-state index in [9.17, 15) is 4.79 Å². The maximum absolute atomic E-state index is 11.7. The van der Waals surface area contributed by atoms with Gasteiger partial charge >= 0.3 is 5.97 Å². The molecule has 0 aliphatic carbocycles. The van der Waals surface area contributed by atoms with Gasteiger partial charge in [0, 0.05) is 4.90 Å². The van der Waals surface area contributed by atoms with E-state index in [1.165, 1.54) is 4.90 Å². The molecule has 0 heterocycles. The van der Waals surface area contributed by atoms with Crippen molar-refractivity contribution in [1.82, 2.24) is 0 Å². The van der Waals surface area contributed by atoms with E-state index < -0.39 is 0 Å². The van der Waals surface area contributed by atoms with Crippen LogP contribution >= 0.6 is 11.8 Å². The predicted molar refractivity (Wildman–Crippen MR) is 73.8 cm³/mol. The first-order valence-electron chi connectivity index (χ1n) is 5.64. The van der Waals surface area contributed by atoms with Gasteiger partial charge in [0.2, 0.25) is 0 Å². The van der Waals surface area contributed by atoms with Crippen LogP contribution in [0.1, 0.15) is 15.9 Å². The molecule has 0 atom stereocenters. The molecule has 2 aromatic carbocycles. The maximum Gasteiger partial charge on any atom is 0.338 e. The van der Waals surface area contributed by atoms with Crippen molar-refractivity contribution in [3.8, 4) is 0 Å². The summed E-state index contributed by atoms with van der Waals surface area (Å²) in [6, 6.07) is 17.0. The second-order valence-corrected chi connectivity index (χ2v) is 4.67. The smallest absolute Gasteiger partial charge is 0.338 e. The fraction of sp³-hybridized carbons (Fsp3) is 0.133. The Balaban J connectivity index is 1.97. The van der Waals surface area contributed by atoms with E-state index in [0.717, 1.165) is 5.56 Å². The van der Waals surface area contributed by atoms with Gasteiger partial charge in [0.25, 0.3) is 0 Å². The van der Waals surface area contributed by atoms with Gasteiger partial charge in [-0.3, -0.25) is 0 Å². The molecule has 0 saturated heterocycles. The van der Waals surface area contributed by atoms with Gasteiger partial charge in [0.15, 0.2) is 0 Å². The summed E-state index contributed by atoms with van der Waals surface area (Å²) in [5, 5.41) is 0. The van der Waals surface area contributed by atoms with E-state index in [1.807, 2.05) is 48.7 Å². The number of benzene rings is 2. The number of thioether (sulfide) groups is 1. The Hall–Kier alpha value is -1.74. The fourth-order valence-electron chi connectivity index (χ4n) is 1.57. The van der Waals surface area contributed by atoms with E-state index in [1.54, 1.807) is 23.9 Å². The summed E-state index contributed by atoms with van der Waals surface area (Å²) in [6.45, 7) is 0.308. The zero-order chi connectivity index (χ0) is 12.8. The quantitative estimate of drug-likeness (QED) is 0.617. The molecular formula is C15H14O2S. The van der Waals surface area contributed by atoms with Crippen molar-refractivity contribution >= 4 is 17.7 Å². The molecule has 3 heteroatoms. The zero-order valence-electron chi connectivity index (χ0n) is 10.1. The van der Waals surface area contributed by atoms with Gasteiger partial charge in [-0.15, -0.1) is 11.8 Å². The van der Waals surface area contributed by atoms with Crippen molar-refractivity contribution < 1.29 is 9.53 Å². The van der Waals surface area contributed by atoms with Crippen molar-refractivity contribution in [2.75, 3.05) is 6.26 Å². The third-order valence-corrected chi connectivity index (χ3v) is 3.24. The number of ether oxygens (including phenoxy) is 1. The summed E-state index contributed by atoms with van der Waals surface area (Å²) in [6.07, 6.45) is 2.02. The zero-order valence-corrected chi connectivity index (χ0v) is 10.9. The van der Waals surface area contributed by atoms with Gasteiger partial charge < -0.3 is 4.74 Å². The van der Waals surface area contributed by atoms with Crippen LogP contribution in [-0.2, 0) is 11.3 Å². The largest absolute Gasteiger partial charge is 0.457 e. The molecule has 92 valence electrons. The Morgan fingerprint density at radius 1 is 1.11 bits per heavy atom. The molecule has 0 radical (unpaired) electrons. The van der Waals surface area contributed by atoms with Crippen LogP contribution in [0.3, 0.4) is 0 Å². The highest BCUT2D eigenvalue weighted by atomic mass is 32.2. The van der Waals surface area contributed by atoms with Crippen molar-refractivity contribution in [3.05, 3.63) is 65.7 Å². The van der Waals surface area contributed by atoms with Gasteiger partial charge in [0.1, 0.15) is 6.61 Å². The highest BCUT2D eigenvalue weighted by Gasteiger charge is 2.06. The lowest BCUT2D eigenvalue weighted by Gasteiger charge is -2.06. The molecule has 0 N–H and O–H groups in total. The van der Waals surface area contributed by atoms with E-state index in [4.69, 9.17) is 4.74 Å². The molecule has 2 rings (SSSR count). The minimum Gasteiger partial charge on any atom is -0.457 e. The first-order valence-corrected chi connectivity index (χ1v) is 6.87. The average Bonchev–Trinajstić information content (AvgIpc) is 2.46. The number of esters is 1. The minimum absolute atomic E-state index is 0.287. The van der Waals surface area contributed by atoms with Gasteiger partial charge in [-0.1, -0.05) is 30.3 Å². The fourth-order valence-corrected chi connectivity index (χ4v) is 2.05. The van der Waals surface area contributed by atoms with Crippen LogP contribution in [0.4, 0.5) is 0 Å². The third-order valence-electron chi connectivity index (χ3n) is 2.51. The molecular weight excluding hydrogens is 244 g/mol. The molecule has 0 unspecified atom stereocenters. The van der Waals surface area contributed by atoms with Crippen LogP contribution in [0.15, 0.2) is 59.5 Å². The van der Waals surface area contributed by atoms with Crippen molar-refractivity contribution in [2.24, 2.45) is 0 Å². The number of carbonyl (C=O) groups excluding carboxylic acids is 1. The topological polar surface area (TPSA) is 26.3 Å². The summed E-state index contributed by atoms with van der Waals surface area (Å²) in [5.74, 6) is -0.287.